The molecule has 4 nitrogen and oxygen atoms in total. The molecule has 0 aliphatic carbocycles. The number of benzene rings is 2. The smallest absolute Gasteiger partial charge is 0.124 e. The van der Waals surface area contributed by atoms with Crippen LogP contribution in [0.2, 0.25) is 0 Å². The second kappa shape index (κ2) is 10.7. The Morgan fingerprint density at radius 2 is 1.43 bits per heavy atom. The van der Waals surface area contributed by atoms with Crippen LogP contribution in [0.1, 0.15) is 18.1 Å². The van der Waals surface area contributed by atoms with Crippen LogP contribution in [-0.4, -0.2) is 29.2 Å². The van der Waals surface area contributed by atoms with E-state index in [4.69, 9.17) is 10.5 Å². The number of nitrogens with zero attached hydrogens (tertiary/aromatic N) is 1. The maximum absolute atomic E-state index is 9.25. The van der Waals surface area contributed by atoms with E-state index in [9.17, 15) is 5.11 Å². The standard InChI is InChI=1S/C9H11NO.C7H7NO.Cu/c1-2-10-7-8-5-3-4-6-9(8)11;8-5-6-3-1-2-4-7(6)9;/h3-7,11H,2H2,1H3;1-5,8-9H;. The molecule has 3 N–H and O–H groups in total. The fraction of sp³-hybridized carbons (Fsp3) is 0.125. The van der Waals surface area contributed by atoms with Gasteiger partial charge in [-0.25, -0.2) is 0 Å². The van der Waals surface area contributed by atoms with Crippen molar-refractivity contribution >= 4 is 12.4 Å². The molecule has 0 saturated carbocycles. The van der Waals surface area contributed by atoms with Crippen molar-refractivity contribution in [2.75, 3.05) is 6.54 Å². The van der Waals surface area contributed by atoms with E-state index >= 15 is 0 Å². The Hall–Kier alpha value is -2.10. The van der Waals surface area contributed by atoms with Crippen molar-refractivity contribution in [3.8, 4) is 11.5 Å². The molecule has 115 valence electrons. The molecule has 0 aromatic heterocycles. The summed E-state index contributed by atoms with van der Waals surface area (Å²) in [5.74, 6) is 0.442. The Bertz CT molecular complexity index is 586. The zero-order valence-electron chi connectivity index (χ0n) is 11.6. The zero-order valence-corrected chi connectivity index (χ0v) is 12.6. The molecule has 0 saturated heterocycles. The molecule has 1 radical (unpaired) electrons. The second-order valence-electron chi connectivity index (χ2n) is 3.89. The molecule has 5 heteroatoms. The van der Waals surface area contributed by atoms with Crippen LogP contribution in [-0.2, 0) is 17.1 Å². The van der Waals surface area contributed by atoms with Gasteiger partial charge in [-0.05, 0) is 31.2 Å². The number of hydrogen-bond donors (Lipinski definition) is 3. The molecule has 0 atom stereocenters. The summed E-state index contributed by atoms with van der Waals surface area (Å²) in [4.78, 5) is 4.02. The van der Waals surface area contributed by atoms with E-state index in [1.807, 2.05) is 19.1 Å². The normalized spacial score (nSPS) is 9.38. The molecule has 0 amide bonds. The fourth-order valence-electron chi connectivity index (χ4n) is 1.40. The minimum atomic E-state index is 0. The third-order valence-corrected chi connectivity index (χ3v) is 2.44. The van der Waals surface area contributed by atoms with Crippen LogP contribution in [0.25, 0.3) is 0 Å². The molecule has 0 spiro atoms. The van der Waals surface area contributed by atoms with Gasteiger partial charge in [0.1, 0.15) is 11.5 Å². The summed E-state index contributed by atoms with van der Waals surface area (Å²) in [5.41, 5.74) is 1.33. The van der Waals surface area contributed by atoms with Gasteiger partial charge in [-0.15, -0.1) is 0 Å². The van der Waals surface area contributed by atoms with E-state index in [1.165, 1.54) is 0 Å². The third kappa shape index (κ3) is 6.75. The van der Waals surface area contributed by atoms with Gasteiger partial charge >= 0.3 is 0 Å². The summed E-state index contributed by atoms with van der Waals surface area (Å²) in [6, 6.07) is 13.9. The summed E-state index contributed by atoms with van der Waals surface area (Å²) in [6.45, 7) is 2.70. The van der Waals surface area contributed by atoms with Gasteiger partial charge in [-0.2, -0.15) is 0 Å². The minimum absolute atomic E-state index is 0. The number of phenols is 2. The van der Waals surface area contributed by atoms with Gasteiger partial charge in [0.2, 0.25) is 0 Å². The molecule has 2 rings (SSSR count). The zero-order chi connectivity index (χ0) is 14.8. The van der Waals surface area contributed by atoms with E-state index < -0.39 is 0 Å². The van der Waals surface area contributed by atoms with Crippen LogP contribution in [0.4, 0.5) is 0 Å². The Balaban J connectivity index is 0.000000370. The van der Waals surface area contributed by atoms with Crippen molar-refractivity contribution in [3.05, 3.63) is 59.7 Å². The molecule has 21 heavy (non-hydrogen) atoms. The van der Waals surface area contributed by atoms with E-state index in [2.05, 4.69) is 4.99 Å². The van der Waals surface area contributed by atoms with Gasteiger partial charge in [-0.1, -0.05) is 24.3 Å². The molecule has 0 fully saturated rings. The van der Waals surface area contributed by atoms with Crippen molar-refractivity contribution in [3.63, 3.8) is 0 Å². The van der Waals surface area contributed by atoms with Crippen molar-refractivity contribution in [2.24, 2.45) is 4.99 Å². The van der Waals surface area contributed by atoms with Crippen LogP contribution in [0.15, 0.2) is 53.5 Å². The number of para-hydroxylation sites is 2. The molecule has 0 heterocycles. The second-order valence-corrected chi connectivity index (χ2v) is 3.89. The van der Waals surface area contributed by atoms with Gasteiger partial charge in [0.25, 0.3) is 0 Å². The predicted molar refractivity (Wildman–Crippen MR) is 82.2 cm³/mol. The fourth-order valence-corrected chi connectivity index (χ4v) is 1.40. The first-order chi connectivity index (χ1) is 9.69. The van der Waals surface area contributed by atoms with E-state index in [-0.39, 0.29) is 28.6 Å². The molecule has 2 aromatic carbocycles. The van der Waals surface area contributed by atoms with Crippen molar-refractivity contribution in [1.29, 1.82) is 5.41 Å². The van der Waals surface area contributed by atoms with Crippen LogP contribution < -0.4 is 0 Å². The summed E-state index contributed by atoms with van der Waals surface area (Å²) in [6.07, 6.45) is 2.80. The number of nitrogens with one attached hydrogen (secondary N) is 1. The van der Waals surface area contributed by atoms with Gasteiger partial charge in [-0.3, -0.25) is 4.99 Å². The summed E-state index contributed by atoms with van der Waals surface area (Å²) >= 11 is 0. The molecular weight excluding hydrogens is 316 g/mol. The van der Waals surface area contributed by atoms with E-state index in [1.54, 1.807) is 42.6 Å². The van der Waals surface area contributed by atoms with Crippen LogP contribution in [0.3, 0.4) is 0 Å². The van der Waals surface area contributed by atoms with Crippen molar-refractivity contribution < 1.29 is 27.3 Å². The molecule has 2 aromatic rings. The maximum atomic E-state index is 9.25. The van der Waals surface area contributed by atoms with Gasteiger partial charge in [0, 0.05) is 47.2 Å². The summed E-state index contributed by atoms with van der Waals surface area (Å²) in [5, 5.41) is 25.0. The Morgan fingerprint density at radius 3 is 1.81 bits per heavy atom. The summed E-state index contributed by atoms with van der Waals surface area (Å²) < 4.78 is 0. The average Bonchev–Trinajstić information content (AvgIpc) is 2.48. The number of phenolic OH excluding ortho intramolecular Hbond substituents is 2. The number of aromatic hydroxyl groups is 2. The first kappa shape index (κ1) is 18.9. The minimum Gasteiger partial charge on any atom is -0.507 e. The average molecular weight is 334 g/mol. The Kier molecular flexibility index (Phi) is 9.59. The number of aliphatic imine (C=N–C) groups is 1. The first-order valence-corrected chi connectivity index (χ1v) is 6.25. The van der Waals surface area contributed by atoms with Gasteiger partial charge in [0.05, 0.1) is 0 Å². The quantitative estimate of drug-likeness (QED) is 0.595. The number of rotatable bonds is 3. The first-order valence-electron chi connectivity index (χ1n) is 6.25. The van der Waals surface area contributed by atoms with Crippen molar-refractivity contribution in [2.45, 2.75) is 6.92 Å². The Labute approximate surface area is 135 Å². The van der Waals surface area contributed by atoms with E-state index in [0.717, 1.165) is 18.3 Å². The molecule has 0 aliphatic rings. The van der Waals surface area contributed by atoms with Crippen LogP contribution >= 0.6 is 0 Å². The van der Waals surface area contributed by atoms with Gasteiger partial charge in [0.15, 0.2) is 0 Å². The van der Waals surface area contributed by atoms with Crippen LogP contribution in [0, 0.1) is 5.41 Å². The monoisotopic (exact) mass is 333 g/mol. The Morgan fingerprint density at radius 1 is 0.952 bits per heavy atom. The SMILES string of the molecule is CCN=Cc1ccccc1O.N=Cc1ccccc1O.[Cu]. The third-order valence-electron chi connectivity index (χ3n) is 2.44. The van der Waals surface area contributed by atoms with Gasteiger partial charge < -0.3 is 15.6 Å². The van der Waals surface area contributed by atoms with E-state index in [0.29, 0.717) is 5.56 Å². The van der Waals surface area contributed by atoms with Crippen LogP contribution in [0.5, 0.6) is 11.5 Å². The molecule has 0 aliphatic heterocycles. The molecule has 0 bridgehead atoms. The number of hydrogen-bond acceptors (Lipinski definition) is 4. The molecular formula is C16H18CuN2O2. The maximum Gasteiger partial charge on any atom is 0.124 e. The summed E-state index contributed by atoms with van der Waals surface area (Å²) in [7, 11) is 0. The largest absolute Gasteiger partial charge is 0.507 e. The predicted octanol–water partition coefficient (Wildman–Crippen LogP) is 3.22. The van der Waals surface area contributed by atoms with Crippen molar-refractivity contribution in [1.82, 2.24) is 0 Å². The molecule has 0 unspecified atom stereocenters. The topological polar surface area (TPSA) is 76.7 Å².